The Morgan fingerprint density at radius 2 is 1.95 bits per heavy atom. The topological polar surface area (TPSA) is 53.6 Å². The molecule has 0 amide bonds. The summed E-state index contributed by atoms with van der Waals surface area (Å²) in [5.41, 5.74) is 7.18. The number of guanidine groups is 1. The number of halogens is 2. The van der Waals surface area contributed by atoms with Gasteiger partial charge in [0.2, 0.25) is 0 Å². The first kappa shape index (κ1) is 18.7. The van der Waals surface area contributed by atoms with Gasteiger partial charge in [-0.3, -0.25) is 9.89 Å². The third-order valence-electron chi connectivity index (χ3n) is 3.59. The zero-order valence-electron chi connectivity index (χ0n) is 12.4. The molecule has 1 aromatic carbocycles. The highest BCUT2D eigenvalue weighted by Gasteiger charge is 2.19. The van der Waals surface area contributed by atoms with Gasteiger partial charge in [-0.2, -0.15) is 0 Å². The van der Waals surface area contributed by atoms with Crippen molar-refractivity contribution in [2.24, 2.45) is 10.7 Å². The summed E-state index contributed by atoms with van der Waals surface area (Å²) in [6, 6.07) is 9.03. The number of nitrogens with two attached hydrogens (primary N) is 1. The molecule has 1 aliphatic heterocycles. The maximum atomic E-state index is 5.81. The smallest absolute Gasteiger partial charge is 0.188 e. The van der Waals surface area contributed by atoms with Crippen LogP contribution in [0.2, 0.25) is 0 Å². The highest BCUT2D eigenvalue weighted by atomic mass is 127. The van der Waals surface area contributed by atoms with Crippen LogP contribution < -0.4 is 11.1 Å². The highest BCUT2D eigenvalue weighted by Crippen LogP contribution is 2.16. The Bertz CT molecular complexity index is 441. The van der Waals surface area contributed by atoms with E-state index in [1.54, 1.807) is 0 Å². The van der Waals surface area contributed by atoms with Crippen LogP contribution in [0, 0.1) is 0 Å². The fraction of sp³-hybridized carbons (Fsp3) is 0.533. The fourth-order valence-corrected chi connectivity index (χ4v) is 2.77. The van der Waals surface area contributed by atoms with E-state index < -0.39 is 0 Å². The van der Waals surface area contributed by atoms with E-state index in [0.717, 1.165) is 43.5 Å². The Morgan fingerprint density at radius 1 is 1.33 bits per heavy atom. The van der Waals surface area contributed by atoms with Crippen molar-refractivity contribution in [3.8, 4) is 0 Å². The minimum Gasteiger partial charge on any atom is -0.370 e. The van der Waals surface area contributed by atoms with Crippen molar-refractivity contribution < 1.29 is 0 Å². The summed E-state index contributed by atoms with van der Waals surface area (Å²) < 4.78 is 1.13. The third kappa shape index (κ3) is 6.52. The molecule has 0 radical (unpaired) electrons. The lowest BCUT2D eigenvalue weighted by molar-refractivity contribution is 0.199. The minimum absolute atomic E-state index is 0. The average molecular weight is 467 g/mol. The van der Waals surface area contributed by atoms with Gasteiger partial charge in [0.25, 0.3) is 0 Å². The second-order valence-corrected chi connectivity index (χ2v) is 6.10. The SMILES string of the molecule is CCN=C(N)NC1CCN(Cc2ccc(Br)cc2)CC1.I. The van der Waals surface area contributed by atoms with Gasteiger partial charge < -0.3 is 11.1 Å². The van der Waals surface area contributed by atoms with Crippen molar-refractivity contribution >= 4 is 45.9 Å². The van der Waals surface area contributed by atoms with Crippen molar-refractivity contribution in [2.75, 3.05) is 19.6 Å². The summed E-state index contributed by atoms with van der Waals surface area (Å²) >= 11 is 3.47. The number of nitrogens with one attached hydrogen (secondary N) is 1. The van der Waals surface area contributed by atoms with Crippen molar-refractivity contribution in [1.82, 2.24) is 10.2 Å². The van der Waals surface area contributed by atoms with Crippen molar-refractivity contribution in [3.05, 3.63) is 34.3 Å². The molecular weight excluding hydrogens is 443 g/mol. The van der Waals surface area contributed by atoms with Crippen LogP contribution in [0.5, 0.6) is 0 Å². The number of rotatable bonds is 4. The van der Waals surface area contributed by atoms with E-state index >= 15 is 0 Å². The summed E-state index contributed by atoms with van der Waals surface area (Å²) in [5, 5.41) is 3.31. The van der Waals surface area contributed by atoms with Crippen LogP contribution in [0.25, 0.3) is 0 Å². The van der Waals surface area contributed by atoms with Crippen molar-refractivity contribution in [1.29, 1.82) is 0 Å². The minimum atomic E-state index is 0. The molecule has 0 atom stereocenters. The Labute approximate surface area is 152 Å². The molecule has 2 rings (SSSR count). The Morgan fingerprint density at radius 3 is 2.52 bits per heavy atom. The van der Waals surface area contributed by atoms with E-state index in [0.29, 0.717) is 12.0 Å². The molecular formula is C15H24BrIN4. The molecule has 1 fully saturated rings. The lowest BCUT2D eigenvalue weighted by Gasteiger charge is -2.32. The molecule has 1 aromatic rings. The number of piperidine rings is 1. The molecule has 21 heavy (non-hydrogen) atoms. The molecule has 6 heteroatoms. The zero-order valence-corrected chi connectivity index (χ0v) is 16.3. The monoisotopic (exact) mass is 466 g/mol. The van der Waals surface area contributed by atoms with Gasteiger partial charge in [0.05, 0.1) is 0 Å². The molecule has 1 heterocycles. The van der Waals surface area contributed by atoms with Crippen molar-refractivity contribution in [2.45, 2.75) is 32.4 Å². The molecule has 0 spiro atoms. The number of aliphatic imine (C=N–C) groups is 1. The lowest BCUT2D eigenvalue weighted by Crippen LogP contribution is -2.46. The molecule has 3 N–H and O–H groups in total. The van der Waals surface area contributed by atoms with Crippen LogP contribution in [0.15, 0.2) is 33.7 Å². The normalized spacial score (nSPS) is 17.3. The van der Waals surface area contributed by atoms with Gasteiger partial charge >= 0.3 is 0 Å². The van der Waals surface area contributed by atoms with Crippen LogP contribution in [-0.4, -0.2) is 36.5 Å². The maximum absolute atomic E-state index is 5.81. The van der Waals surface area contributed by atoms with E-state index in [1.165, 1.54) is 5.56 Å². The van der Waals surface area contributed by atoms with Gasteiger partial charge in [0.15, 0.2) is 5.96 Å². The lowest BCUT2D eigenvalue weighted by atomic mass is 10.0. The van der Waals surface area contributed by atoms with E-state index in [-0.39, 0.29) is 24.0 Å². The van der Waals surface area contributed by atoms with Gasteiger partial charge in [-0.25, -0.2) is 0 Å². The first-order chi connectivity index (χ1) is 9.67. The standard InChI is InChI=1S/C15H23BrN4.HI/c1-2-18-15(17)19-14-7-9-20(10-8-14)11-12-3-5-13(16)6-4-12;/h3-6,14H,2,7-11H2,1H3,(H3,17,18,19);1H. The van der Waals surface area contributed by atoms with Crippen LogP contribution in [0.3, 0.4) is 0 Å². The predicted molar refractivity (Wildman–Crippen MR) is 103 cm³/mol. The number of hydrogen-bond acceptors (Lipinski definition) is 2. The van der Waals surface area contributed by atoms with Crippen LogP contribution in [0.4, 0.5) is 0 Å². The fourth-order valence-electron chi connectivity index (χ4n) is 2.51. The molecule has 0 bridgehead atoms. The maximum Gasteiger partial charge on any atom is 0.188 e. The summed E-state index contributed by atoms with van der Waals surface area (Å²) in [7, 11) is 0. The van der Waals surface area contributed by atoms with Crippen LogP contribution in [-0.2, 0) is 6.54 Å². The quantitative estimate of drug-likeness (QED) is 0.407. The van der Waals surface area contributed by atoms with Crippen LogP contribution in [0.1, 0.15) is 25.3 Å². The summed E-state index contributed by atoms with van der Waals surface area (Å²) in [4.78, 5) is 6.67. The van der Waals surface area contributed by atoms with Gasteiger partial charge in [-0.1, -0.05) is 28.1 Å². The van der Waals surface area contributed by atoms with Gasteiger partial charge in [0.1, 0.15) is 0 Å². The first-order valence-electron chi connectivity index (χ1n) is 7.20. The van der Waals surface area contributed by atoms with E-state index in [9.17, 15) is 0 Å². The molecule has 0 unspecified atom stereocenters. The molecule has 0 aliphatic carbocycles. The van der Waals surface area contributed by atoms with E-state index in [2.05, 4.69) is 55.4 Å². The Hall–Kier alpha value is -0.340. The largest absolute Gasteiger partial charge is 0.370 e. The zero-order chi connectivity index (χ0) is 14.4. The molecule has 0 saturated carbocycles. The van der Waals surface area contributed by atoms with E-state index in [4.69, 9.17) is 5.73 Å². The molecule has 0 aromatic heterocycles. The predicted octanol–water partition coefficient (Wildman–Crippen LogP) is 2.96. The third-order valence-corrected chi connectivity index (χ3v) is 4.12. The number of likely N-dealkylation sites (tertiary alicyclic amines) is 1. The summed E-state index contributed by atoms with van der Waals surface area (Å²) in [6.45, 7) is 5.97. The van der Waals surface area contributed by atoms with Gasteiger partial charge in [-0.05, 0) is 37.5 Å². The average Bonchev–Trinajstić information content (AvgIpc) is 2.44. The number of benzene rings is 1. The van der Waals surface area contributed by atoms with E-state index in [1.807, 2.05) is 6.92 Å². The second-order valence-electron chi connectivity index (χ2n) is 5.18. The highest BCUT2D eigenvalue weighted by molar-refractivity contribution is 14.0. The second kappa shape index (κ2) is 9.63. The van der Waals surface area contributed by atoms with Crippen LogP contribution >= 0.6 is 39.9 Å². The summed E-state index contributed by atoms with van der Waals surface area (Å²) in [6.07, 6.45) is 2.24. The Kier molecular flexibility index (Phi) is 8.58. The molecule has 4 nitrogen and oxygen atoms in total. The van der Waals surface area contributed by atoms with Crippen molar-refractivity contribution in [3.63, 3.8) is 0 Å². The first-order valence-corrected chi connectivity index (χ1v) is 8.00. The van der Waals surface area contributed by atoms with Gasteiger partial charge in [-0.15, -0.1) is 24.0 Å². The summed E-state index contributed by atoms with van der Waals surface area (Å²) in [5.74, 6) is 0.582. The number of nitrogens with zero attached hydrogens (tertiary/aromatic N) is 2. The number of hydrogen-bond donors (Lipinski definition) is 2. The molecule has 1 saturated heterocycles. The van der Waals surface area contributed by atoms with Gasteiger partial charge in [0, 0.05) is 36.7 Å². The Balaban J connectivity index is 0.00000220. The molecule has 1 aliphatic rings. The molecule has 118 valence electrons.